The highest BCUT2D eigenvalue weighted by molar-refractivity contribution is 5.90. The molecule has 2 atom stereocenters. The van der Waals surface area contributed by atoms with Gasteiger partial charge in [0.15, 0.2) is 6.04 Å². The van der Waals surface area contributed by atoms with Crippen LogP contribution >= 0.6 is 0 Å². The molecular formula is C18H16N2O3. The molecule has 23 heavy (non-hydrogen) atoms. The fourth-order valence-corrected chi connectivity index (χ4v) is 3.49. The predicted octanol–water partition coefficient (Wildman–Crippen LogP) is 2.57. The van der Waals surface area contributed by atoms with Gasteiger partial charge in [0.1, 0.15) is 6.10 Å². The van der Waals surface area contributed by atoms with E-state index in [1.807, 2.05) is 53.5 Å². The van der Waals surface area contributed by atoms with Crippen LogP contribution in [0.25, 0.3) is 5.70 Å². The fourth-order valence-electron chi connectivity index (χ4n) is 3.49. The average Bonchev–Trinajstić information content (AvgIpc) is 3.02. The number of hydrogen-bond donors (Lipinski definition) is 2. The van der Waals surface area contributed by atoms with Gasteiger partial charge in [0.25, 0.3) is 0 Å². The number of carbonyl (C=O) groups is 1. The number of hydrazine groups is 1. The molecular weight excluding hydrogens is 292 g/mol. The van der Waals surface area contributed by atoms with Crippen molar-refractivity contribution in [3.05, 3.63) is 71.3 Å². The molecule has 0 saturated heterocycles. The first kappa shape index (κ1) is 14.0. The maximum Gasteiger partial charge on any atom is 0.327 e. The van der Waals surface area contributed by atoms with Gasteiger partial charge >= 0.3 is 5.97 Å². The van der Waals surface area contributed by atoms with Crippen LogP contribution in [0.4, 0.5) is 5.69 Å². The Bertz CT molecular complexity index is 831. The summed E-state index contributed by atoms with van der Waals surface area (Å²) in [5.74, 6) is -0.894. The summed E-state index contributed by atoms with van der Waals surface area (Å²) < 4.78 is 0. The Morgan fingerprint density at radius 3 is 2.43 bits per heavy atom. The molecule has 1 heterocycles. The molecule has 1 aliphatic heterocycles. The first-order valence-electron chi connectivity index (χ1n) is 7.43. The van der Waals surface area contributed by atoms with Gasteiger partial charge in [-0.05, 0) is 17.7 Å². The Morgan fingerprint density at radius 1 is 1.04 bits per heavy atom. The summed E-state index contributed by atoms with van der Waals surface area (Å²) in [6, 6.07) is 14.4. The van der Waals surface area contributed by atoms with Gasteiger partial charge in [-0.1, -0.05) is 42.5 Å². The van der Waals surface area contributed by atoms with E-state index in [1.54, 1.807) is 18.1 Å². The van der Waals surface area contributed by atoms with E-state index in [9.17, 15) is 15.0 Å². The molecule has 0 saturated carbocycles. The number of carboxylic acid groups (broad SMARTS) is 1. The summed E-state index contributed by atoms with van der Waals surface area (Å²) in [5, 5.41) is 23.5. The molecule has 0 radical (unpaired) electrons. The van der Waals surface area contributed by atoms with E-state index in [0.29, 0.717) is 0 Å². The van der Waals surface area contributed by atoms with Crippen molar-refractivity contribution < 1.29 is 15.0 Å². The molecule has 0 spiro atoms. The van der Waals surface area contributed by atoms with Crippen LogP contribution in [-0.4, -0.2) is 28.2 Å². The molecule has 2 N–H and O–H groups in total. The number of aliphatic carboxylic acids is 1. The Kier molecular flexibility index (Phi) is 3.01. The smallest absolute Gasteiger partial charge is 0.327 e. The van der Waals surface area contributed by atoms with Crippen LogP contribution in [0, 0.1) is 0 Å². The molecule has 0 bridgehead atoms. The summed E-state index contributed by atoms with van der Waals surface area (Å²) in [4.78, 5) is 11.7. The van der Waals surface area contributed by atoms with Crippen LogP contribution in [0.1, 0.15) is 28.8 Å². The minimum absolute atomic E-state index is 0.675. The van der Waals surface area contributed by atoms with Crippen molar-refractivity contribution in [2.75, 3.05) is 12.1 Å². The molecule has 5 nitrogen and oxygen atoms in total. The van der Waals surface area contributed by atoms with Crippen molar-refractivity contribution in [3.8, 4) is 0 Å². The maximum absolute atomic E-state index is 11.7. The van der Waals surface area contributed by atoms with Crippen molar-refractivity contribution in [2.24, 2.45) is 0 Å². The highest BCUT2D eigenvalue weighted by atomic mass is 16.4. The summed E-state index contributed by atoms with van der Waals surface area (Å²) in [6.45, 7) is 0. The highest BCUT2D eigenvalue weighted by Crippen LogP contribution is 2.46. The number of benzene rings is 2. The van der Waals surface area contributed by atoms with E-state index < -0.39 is 18.1 Å². The zero-order valence-electron chi connectivity index (χ0n) is 12.5. The number of aliphatic hydroxyl groups is 1. The van der Waals surface area contributed by atoms with Gasteiger partial charge in [-0.3, -0.25) is 9.80 Å². The number of carboxylic acids is 1. The second-order valence-electron chi connectivity index (χ2n) is 5.77. The van der Waals surface area contributed by atoms with E-state index in [1.165, 1.54) is 0 Å². The summed E-state index contributed by atoms with van der Waals surface area (Å²) in [5.41, 5.74) is 4.16. The molecule has 2 aromatic carbocycles. The maximum atomic E-state index is 11.7. The quantitative estimate of drug-likeness (QED) is 0.893. The monoisotopic (exact) mass is 308 g/mol. The number of nitrogens with zero attached hydrogens (tertiary/aromatic N) is 2. The zero-order valence-corrected chi connectivity index (χ0v) is 12.5. The SMILES string of the molecule is CN1C(C(=O)O)c2ccccc2N1C1=CC(O)c2ccccc21. The molecule has 0 fully saturated rings. The molecule has 2 unspecified atom stereocenters. The Hall–Kier alpha value is -2.63. The predicted molar refractivity (Wildman–Crippen MR) is 86.4 cm³/mol. The third-order valence-electron chi connectivity index (χ3n) is 4.48. The van der Waals surface area contributed by atoms with E-state index >= 15 is 0 Å². The van der Waals surface area contributed by atoms with Gasteiger partial charge in [0.05, 0.1) is 11.4 Å². The molecule has 2 aromatic rings. The van der Waals surface area contributed by atoms with Gasteiger partial charge in [-0.2, -0.15) is 0 Å². The van der Waals surface area contributed by atoms with Gasteiger partial charge < -0.3 is 10.2 Å². The van der Waals surface area contributed by atoms with E-state index in [-0.39, 0.29) is 0 Å². The molecule has 0 aromatic heterocycles. The Balaban J connectivity index is 1.88. The molecule has 4 rings (SSSR count). The number of para-hydroxylation sites is 1. The van der Waals surface area contributed by atoms with Crippen molar-refractivity contribution >= 4 is 17.4 Å². The molecule has 1 aliphatic carbocycles. The minimum Gasteiger partial charge on any atom is -0.480 e. The van der Waals surface area contributed by atoms with Crippen molar-refractivity contribution in [2.45, 2.75) is 12.1 Å². The number of likely N-dealkylation sites (N-methyl/N-ethyl adjacent to an activating group) is 1. The zero-order chi connectivity index (χ0) is 16.1. The van der Waals surface area contributed by atoms with Gasteiger partial charge in [-0.25, -0.2) is 5.01 Å². The van der Waals surface area contributed by atoms with Crippen molar-refractivity contribution in [1.82, 2.24) is 5.01 Å². The number of fused-ring (bicyclic) bond motifs is 2. The lowest BCUT2D eigenvalue weighted by Crippen LogP contribution is -2.37. The van der Waals surface area contributed by atoms with Crippen LogP contribution in [-0.2, 0) is 4.79 Å². The fraction of sp³-hybridized carbons (Fsp3) is 0.167. The topological polar surface area (TPSA) is 64.0 Å². The van der Waals surface area contributed by atoms with E-state index in [4.69, 9.17) is 0 Å². The van der Waals surface area contributed by atoms with Gasteiger partial charge in [0, 0.05) is 18.2 Å². The molecule has 5 heteroatoms. The second-order valence-corrected chi connectivity index (χ2v) is 5.77. The van der Waals surface area contributed by atoms with Crippen LogP contribution < -0.4 is 5.01 Å². The lowest BCUT2D eigenvalue weighted by molar-refractivity contribution is -0.142. The summed E-state index contributed by atoms with van der Waals surface area (Å²) in [6.07, 6.45) is 1.09. The van der Waals surface area contributed by atoms with E-state index in [2.05, 4.69) is 0 Å². The number of anilines is 1. The molecule has 116 valence electrons. The van der Waals surface area contributed by atoms with Crippen LogP contribution in [0.2, 0.25) is 0 Å². The largest absolute Gasteiger partial charge is 0.480 e. The molecule has 2 aliphatic rings. The van der Waals surface area contributed by atoms with Crippen molar-refractivity contribution in [1.29, 1.82) is 0 Å². The first-order valence-corrected chi connectivity index (χ1v) is 7.43. The summed E-state index contributed by atoms with van der Waals surface area (Å²) in [7, 11) is 1.76. The van der Waals surface area contributed by atoms with Crippen LogP contribution in [0.5, 0.6) is 0 Å². The Labute approximate surface area is 133 Å². The average molecular weight is 308 g/mol. The summed E-state index contributed by atoms with van der Waals surface area (Å²) >= 11 is 0. The van der Waals surface area contributed by atoms with E-state index in [0.717, 1.165) is 28.1 Å². The minimum atomic E-state index is -0.894. The third-order valence-corrected chi connectivity index (χ3v) is 4.48. The van der Waals surface area contributed by atoms with Gasteiger partial charge in [-0.15, -0.1) is 0 Å². The third kappa shape index (κ3) is 1.91. The van der Waals surface area contributed by atoms with Crippen LogP contribution in [0.15, 0.2) is 54.6 Å². The Morgan fingerprint density at radius 2 is 1.70 bits per heavy atom. The van der Waals surface area contributed by atoms with Crippen molar-refractivity contribution in [3.63, 3.8) is 0 Å². The van der Waals surface area contributed by atoms with Crippen LogP contribution in [0.3, 0.4) is 0 Å². The van der Waals surface area contributed by atoms with Gasteiger partial charge in [0.2, 0.25) is 0 Å². The highest BCUT2D eigenvalue weighted by Gasteiger charge is 2.41. The standard InChI is InChI=1S/C18H16N2O3/c1-19-17(18(22)23)13-8-4-5-9-14(13)20(19)15-10-16(21)12-7-3-2-6-11(12)15/h2-10,16-17,21H,1H3,(H,22,23). The lowest BCUT2D eigenvalue weighted by Gasteiger charge is -2.30. The molecule has 0 amide bonds. The second kappa shape index (κ2) is 4.94. The first-order chi connectivity index (χ1) is 11.1. The number of hydrogen-bond acceptors (Lipinski definition) is 4. The number of rotatable bonds is 2. The lowest BCUT2D eigenvalue weighted by atomic mass is 10.1. The normalized spacial score (nSPS) is 22.7. The number of aliphatic hydroxyl groups excluding tert-OH is 1.